The lowest BCUT2D eigenvalue weighted by molar-refractivity contribution is -0.139. The molecular formula is C25H32FN3O4S. The molecular weight excluding hydrogens is 457 g/mol. The van der Waals surface area contributed by atoms with E-state index < -0.39 is 34.3 Å². The van der Waals surface area contributed by atoms with Crippen molar-refractivity contribution in [1.29, 1.82) is 0 Å². The van der Waals surface area contributed by atoms with Crippen molar-refractivity contribution >= 4 is 27.5 Å². The maximum atomic E-state index is 14.4. The quantitative estimate of drug-likeness (QED) is 0.585. The Balaban J connectivity index is 1.89. The summed E-state index contributed by atoms with van der Waals surface area (Å²) in [5.41, 5.74) is 1.60. The molecule has 0 heterocycles. The first-order chi connectivity index (χ1) is 16.1. The normalized spacial score (nSPS) is 15.1. The van der Waals surface area contributed by atoms with E-state index in [4.69, 9.17) is 0 Å². The minimum absolute atomic E-state index is 0.0804. The summed E-state index contributed by atoms with van der Waals surface area (Å²) in [5, 5.41) is 3.01. The second-order valence-electron chi connectivity index (χ2n) is 8.90. The van der Waals surface area contributed by atoms with Gasteiger partial charge in [0.1, 0.15) is 18.4 Å². The molecule has 0 radical (unpaired) electrons. The molecule has 1 fully saturated rings. The number of rotatable bonds is 9. The zero-order valence-electron chi connectivity index (χ0n) is 19.8. The van der Waals surface area contributed by atoms with Gasteiger partial charge in [-0.05, 0) is 44.4 Å². The summed E-state index contributed by atoms with van der Waals surface area (Å²) in [7, 11) is -3.97. The molecule has 9 heteroatoms. The lowest BCUT2D eigenvalue weighted by atomic mass is 10.1. The van der Waals surface area contributed by atoms with Crippen LogP contribution in [0.15, 0.2) is 48.5 Å². The van der Waals surface area contributed by atoms with Gasteiger partial charge in [-0.15, -0.1) is 0 Å². The zero-order chi connectivity index (χ0) is 24.9. The Hall–Kier alpha value is -2.94. The number of anilines is 1. The fraction of sp³-hybridized carbons (Fsp3) is 0.440. The maximum absolute atomic E-state index is 14.4. The van der Waals surface area contributed by atoms with Crippen LogP contribution in [0.5, 0.6) is 0 Å². The van der Waals surface area contributed by atoms with Crippen molar-refractivity contribution in [2.45, 2.75) is 58.2 Å². The number of hydrogen-bond donors (Lipinski definition) is 1. The van der Waals surface area contributed by atoms with Crippen LogP contribution in [-0.4, -0.2) is 50.0 Å². The van der Waals surface area contributed by atoms with Crippen molar-refractivity contribution in [3.05, 3.63) is 65.5 Å². The average molecular weight is 490 g/mol. The molecule has 0 saturated heterocycles. The van der Waals surface area contributed by atoms with E-state index in [0.29, 0.717) is 0 Å². The average Bonchev–Trinajstić information content (AvgIpc) is 3.28. The highest BCUT2D eigenvalue weighted by molar-refractivity contribution is 7.92. The van der Waals surface area contributed by atoms with E-state index in [2.05, 4.69) is 5.32 Å². The third-order valence-corrected chi connectivity index (χ3v) is 7.23. The van der Waals surface area contributed by atoms with Gasteiger partial charge in [-0.3, -0.25) is 13.9 Å². The van der Waals surface area contributed by atoms with Gasteiger partial charge in [-0.25, -0.2) is 12.8 Å². The number of sulfonamides is 1. The molecule has 1 saturated carbocycles. The summed E-state index contributed by atoms with van der Waals surface area (Å²) in [5.74, 6) is -1.63. The van der Waals surface area contributed by atoms with Gasteiger partial charge in [-0.2, -0.15) is 0 Å². The molecule has 2 aromatic rings. The molecule has 1 N–H and O–H groups in total. The molecule has 2 amide bonds. The minimum atomic E-state index is -3.97. The van der Waals surface area contributed by atoms with Crippen LogP contribution in [0.4, 0.5) is 10.1 Å². The molecule has 0 unspecified atom stereocenters. The van der Waals surface area contributed by atoms with Crippen LogP contribution in [0.2, 0.25) is 0 Å². The fourth-order valence-electron chi connectivity index (χ4n) is 4.23. The van der Waals surface area contributed by atoms with E-state index in [1.54, 1.807) is 6.92 Å². The van der Waals surface area contributed by atoms with Gasteiger partial charge in [0, 0.05) is 12.6 Å². The minimum Gasteiger partial charge on any atom is -0.352 e. The van der Waals surface area contributed by atoms with E-state index in [9.17, 15) is 22.4 Å². The molecule has 184 valence electrons. The number of carbonyl (C=O) groups is 2. The van der Waals surface area contributed by atoms with Gasteiger partial charge in [-0.1, -0.05) is 54.8 Å². The van der Waals surface area contributed by atoms with Crippen LogP contribution >= 0.6 is 0 Å². The molecule has 0 bridgehead atoms. The second kappa shape index (κ2) is 11.0. The Morgan fingerprint density at radius 2 is 1.79 bits per heavy atom. The Bertz CT molecular complexity index is 1130. The second-order valence-corrected chi connectivity index (χ2v) is 10.8. The van der Waals surface area contributed by atoms with Crippen LogP contribution in [-0.2, 0) is 26.2 Å². The van der Waals surface area contributed by atoms with E-state index >= 15 is 0 Å². The number of amides is 2. The highest BCUT2D eigenvalue weighted by Gasteiger charge is 2.32. The van der Waals surface area contributed by atoms with Gasteiger partial charge < -0.3 is 10.2 Å². The molecule has 0 spiro atoms. The zero-order valence-corrected chi connectivity index (χ0v) is 20.6. The number of para-hydroxylation sites is 1. The summed E-state index contributed by atoms with van der Waals surface area (Å²) < 4.78 is 40.2. The van der Waals surface area contributed by atoms with Gasteiger partial charge in [0.2, 0.25) is 21.8 Å². The van der Waals surface area contributed by atoms with Crippen molar-refractivity contribution in [2.24, 2.45) is 0 Å². The van der Waals surface area contributed by atoms with Gasteiger partial charge in [0.25, 0.3) is 0 Å². The molecule has 0 aliphatic heterocycles. The van der Waals surface area contributed by atoms with Gasteiger partial charge in [0.05, 0.1) is 11.9 Å². The molecule has 1 atom stereocenters. The van der Waals surface area contributed by atoms with Gasteiger partial charge in [0.15, 0.2) is 0 Å². The summed E-state index contributed by atoms with van der Waals surface area (Å²) in [6.07, 6.45) is 4.83. The van der Waals surface area contributed by atoms with E-state index in [1.165, 1.54) is 23.1 Å². The third-order valence-electron chi connectivity index (χ3n) is 6.10. The highest BCUT2D eigenvalue weighted by atomic mass is 32.2. The lowest BCUT2D eigenvalue weighted by Gasteiger charge is -2.32. The molecule has 3 rings (SSSR count). The third kappa shape index (κ3) is 6.56. The predicted octanol–water partition coefficient (Wildman–Crippen LogP) is 3.38. The first-order valence-corrected chi connectivity index (χ1v) is 13.3. The van der Waals surface area contributed by atoms with Gasteiger partial charge >= 0.3 is 0 Å². The van der Waals surface area contributed by atoms with Crippen molar-refractivity contribution < 1.29 is 22.4 Å². The van der Waals surface area contributed by atoms with Crippen molar-refractivity contribution in [2.75, 3.05) is 17.1 Å². The summed E-state index contributed by atoms with van der Waals surface area (Å²) in [6.45, 7) is 3.06. The molecule has 1 aliphatic rings. The van der Waals surface area contributed by atoms with Crippen LogP contribution in [0, 0.1) is 12.7 Å². The number of hydrogen-bond acceptors (Lipinski definition) is 4. The number of benzene rings is 2. The summed E-state index contributed by atoms with van der Waals surface area (Å²) in [6, 6.07) is 12.2. The summed E-state index contributed by atoms with van der Waals surface area (Å²) in [4.78, 5) is 27.8. The summed E-state index contributed by atoms with van der Waals surface area (Å²) >= 11 is 0. The molecule has 0 aromatic heterocycles. The topological polar surface area (TPSA) is 86.8 Å². The monoisotopic (exact) mass is 489 g/mol. The smallest absolute Gasteiger partial charge is 0.244 e. The van der Waals surface area contributed by atoms with Crippen LogP contribution in [0.3, 0.4) is 0 Å². The maximum Gasteiger partial charge on any atom is 0.244 e. The molecule has 2 aromatic carbocycles. The van der Waals surface area contributed by atoms with Crippen LogP contribution in [0.1, 0.15) is 43.7 Å². The van der Waals surface area contributed by atoms with E-state index in [0.717, 1.165) is 53.4 Å². The van der Waals surface area contributed by atoms with Crippen molar-refractivity contribution in [3.8, 4) is 0 Å². The Morgan fingerprint density at radius 1 is 1.12 bits per heavy atom. The Kier molecular flexibility index (Phi) is 8.30. The largest absolute Gasteiger partial charge is 0.352 e. The molecule has 7 nitrogen and oxygen atoms in total. The number of carbonyl (C=O) groups excluding carboxylic acids is 2. The van der Waals surface area contributed by atoms with Crippen LogP contribution < -0.4 is 9.62 Å². The Labute approximate surface area is 201 Å². The first kappa shape index (κ1) is 25.7. The predicted molar refractivity (Wildman–Crippen MR) is 130 cm³/mol. The number of nitrogens with one attached hydrogen (secondary N) is 1. The molecule has 34 heavy (non-hydrogen) atoms. The van der Waals surface area contributed by atoms with Crippen LogP contribution in [0.25, 0.3) is 0 Å². The number of halogens is 1. The Morgan fingerprint density at radius 3 is 2.41 bits per heavy atom. The SMILES string of the molecule is Cc1cccc(CN(C(=O)CN(c2ccccc2F)S(C)(=O)=O)[C@@H](C)C(=O)NC2CCCC2)c1. The van der Waals surface area contributed by atoms with Crippen molar-refractivity contribution in [1.82, 2.24) is 10.2 Å². The van der Waals surface area contributed by atoms with E-state index in [1.807, 2.05) is 31.2 Å². The number of nitrogens with zero attached hydrogens (tertiary/aromatic N) is 2. The van der Waals surface area contributed by atoms with E-state index in [-0.39, 0.29) is 24.2 Å². The number of aryl methyl sites for hydroxylation is 1. The highest BCUT2D eigenvalue weighted by Crippen LogP contribution is 2.23. The molecule has 1 aliphatic carbocycles. The van der Waals surface area contributed by atoms with Crippen molar-refractivity contribution in [3.63, 3.8) is 0 Å². The fourth-order valence-corrected chi connectivity index (χ4v) is 5.08. The standard InChI is InChI=1S/C25H32FN3O4S/c1-18-9-8-10-20(15-18)16-28(19(2)25(31)27-21-11-4-5-12-21)24(30)17-29(34(3,32)33)23-14-7-6-13-22(23)26/h6-10,13-15,19,21H,4-5,11-12,16-17H2,1-3H3,(H,27,31)/t19-/m0/s1. The lowest BCUT2D eigenvalue weighted by Crippen LogP contribution is -2.52. The first-order valence-electron chi connectivity index (χ1n) is 11.4.